The molecule has 1 unspecified atom stereocenters. The molecule has 1 heterocycles. The standard InChI is InChI=1S/C13H22ClNOS/c1-10-2-5-13(9-14,6-3-10)15-12(16)11-4-7-17-8-11/h10-11H,2-9H2,1H3,(H,15,16). The number of nitrogens with one attached hydrogen (secondary N) is 1. The van der Waals surface area contributed by atoms with Gasteiger partial charge in [-0.1, -0.05) is 6.92 Å². The lowest BCUT2D eigenvalue weighted by Gasteiger charge is -2.39. The number of carbonyl (C=O) groups is 1. The van der Waals surface area contributed by atoms with Crippen LogP contribution in [-0.2, 0) is 4.79 Å². The van der Waals surface area contributed by atoms with E-state index in [1.54, 1.807) is 0 Å². The van der Waals surface area contributed by atoms with Crippen LogP contribution in [0.1, 0.15) is 39.0 Å². The van der Waals surface area contributed by atoms with Gasteiger partial charge in [0.05, 0.1) is 5.54 Å². The van der Waals surface area contributed by atoms with Crippen molar-refractivity contribution in [1.29, 1.82) is 0 Å². The minimum absolute atomic E-state index is 0.113. The number of halogens is 1. The van der Waals surface area contributed by atoms with Crippen LogP contribution in [0.3, 0.4) is 0 Å². The SMILES string of the molecule is CC1CCC(CCl)(NC(=O)C2CCSC2)CC1. The molecule has 1 amide bonds. The normalized spacial score (nSPS) is 38.0. The van der Waals surface area contributed by atoms with E-state index in [1.807, 2.05) is 11.8 Å². The molecule has 1 saturated heterocycles. The van der Waals surface area contributed by atoms with Crippen molar-refractivity contribution in [3.63, 3.8) is 0 Å². The average molecular weight is 276 g/mol. The van der Waals surface area contributed by atoms with Crippen molar-refractivity contribution in [2.75, 3.05) is 17.4 Å². The molecule has 4 heteroatoms. The smallest absolute Gasteiger partial charge is 0.224 e. The van der Waals surface area contributed by atoms with E-state index >= 15 is 0 Å². The van der Waals surface area contributed by atoms with Crippen LogP contribution in [0, 0.1) is 11.8 Å². The fourth-order valence-electron chi connectivity index (χ4n) is 2.71. The highest BCUT2D eigenvalue weighted by molar-refractivity contribution is 7.99. The van der Waals surface area contributed by atoms with Crippen molar-refractivity contribution >= 4 is 29.3 Å². The molecular weight excluding hydrogens is 254 g/mol. The molecule has 0 aromatic rings. The maximum absolute atomic E-state index is 12.2. The lowest BCUT2D eigenvalue weighted by molar-refractivity contribution is -0.126. The lowest BCUT2D eigenvalue weighted by atomic mass is 9.78. The second-order valence-electron chi connectivity index (χ2n) is 5.65. The first-order valence-electron chi connectivity index (χ1n) is 6.61. The maximum Gasteiger partial charge on any atom is 0.224 e. The Balaban J connectivity index is 1.92. The number of rotatable bonds is 3. The molecule has 1 aliphatic heterocycles. The summed E-state index contributed by atoms with van der Waals surface area (Å²) >= 11 is 8.00. The first-order chi connectivity index (χ1) is 8.15. The number of hydrogen-bond acceptors (Lipinski definition) is 2. The third kappa shape index (κ3) is 3.31. The Kier molecular flexibility index (Phi) is 4.65. The topological polar surface area (TPSA) is 29.1 Å². The summed E-state index contributed by atoms with van der Waals surface area (Å²) < 4.78 is 0. The summed E-state index contributed by atoms with van der Waals surface area (Å²) in [5.74, 6) is 3.92. The third-order valence-corrected chi connectivity index (χ3v) is 5.85. The van der Waals surface area contributed by atoms with Crippen LogP contribution >= 0.6 is 23.4 Å². The molecule has 2 rings (SSSR count). The van der Waals surface area contributed by atoms with Gasteiger partial charge in [0, 0.05) is 17.6 Å². The molecule has 0 aromatic heterocycles. The number of alkyl halides is 1. The second-order valence-corrected chi connectivity index (χ2v) is 7.06. The number of hydrogen-bond donors (Lipinski definition) is 1. The molecule has 1 atom stereocenters. The van der Waals surface area contributed by atoms with Gasteiger partial charge in [-0.25, -0.2) is 0 Å². The molecule has 2 fully saturated rings. The number of amides is 1. The summed E-state index contributed by atoms with van der Waals surface area (Å²) in [5.41, 5.74) is -0.113. The van der Waals surface area contributed by atoms with Gasteiger partial charge in [-0.15, -0.1) is 11.6 Å². The van der Waals surface area contributed by atoms with Gasteiger partial charge in [0.25, 0.3) is 0 Å². The van der Waals surface area contributed by atoms with Gasteiger partial charge in [0.1, 0.15) is 0 Å². The summed E-state index contributed by atoms with van der Waals surface area (Å²) in [4.78, 5) is 12.2. The molecule has 1 saturated carbocycles. The van der Waals surface area contributed by atoms with Crippen LogP contribution in [-0.4, -0.2) is 28.8 Å². The fourth-order valence-corrected chi connectivity index (χ4v) is 4.27. The van der Waals surface area contributed by atoms with E-state index in [0.29, 0.717) is 5.88 Å². The quantitative estimate of drug-likeness (QED) is 0.802. The van der Waals surface area contributed by atoms with Crippen LogP contribution in [0.4, 0.5) is 0 Å². The fraction of sp³-hybridized carbons (Fsp3) is 0.923. The Morgan fingerprint density at radius 2 is 2.12 bits per heavy atom. The molecule has 2 nitrogen and oxygen atoms in total. The molecule has 0 aromatic carbocycles. The molecule has 98 valence electrons. The first-order valence-corrected chi connectivity index (χ1v) is 8.30. The Bertz CT molecular complexity index is 271. The van der Waals surface area contributed by atoms with Gasteiger partial charge in [-0.2, -0.15) is 11.8 Å². The summed E-state index contributed by atoms with van der Waals surface area (Å²) in [6, 6.07) is 0. The molecule has 1 aliphatic carbocycles. The van der Waals surface area contributed by atoms with E-state index < -0.39 is 0 Å². The van der Waals surface area contributed by atoms with Gasteiger partial charge >= 0.3 is 0 Å². The Hall–Kier alpha value is 0.110. The van der Waals surface area contributed by atoms with Gasteiger partial charge < -0.3 is 5.32 Å². The number of thioether (sulfide) groups is 1. The van der Waals surface area contributed by atoms with Crippen molar-refractivity contribution in [3.8, 4) is 0 Å². The molecule has 0 bridgehead atoms. The monoisotopic (exact) mass is 275 g/mol. The average Bonchev–Trinajstić information content (AvgIpc) is 2.86. The van der Waals surface area contributed by atoms with E-state index in [0.717, 1.165) is 36.7 Å². The zero-order valence-corrected chi connectivity index (χ0v) is 12.1. The third-order valence-electron chi connectivity index (χ3n) is 4.18. The molecular formula is C13H22ClNOS. The maximum atomic E-state index is 12.2. The van der Waals surface area contributed by atoms with Gasteiger partial charge in [-0.3, -0.25) is 4.79 Å². The van der Waals surface area contributed by atoms with Crippen LogP contribution in [0.15, 0.2) is 0 Å². The molecule has 0 radical (unpaired) electrons. The predicted octanol–water partition coefficient (Wildman–Crippen LogP) is 3.04. The van der Waals surface area contributed by atoms with Crippen LogP contribution < -0.4 is 5.32 Å². The summed E-state index contributed by atoms with van der Waals surface area (Å²) in [5, 5.41) is 3.26. The van der Waals surface area contributed by atoms with Crippen LogP contribution in [0.2, 0.25) is 0 Å². The van der Waals surface area contributed by atoms with Crippen LogP contribution in [0.25, 0.3) is 0 Å². The van der Waals surface area contributed by atoms with E-state index in [9.17, 15) is 4.79 Å². The largest absolute Gasteiger partial charge is 0.349 e. The summed E-state index contributed by atoms with van der Waals surface area (Å²) in [6.45, 7) is 2.29. The van der Waals surface area contributed by atoms with Crippen molar-refractivity contribution in [2.45, 2.75) is 44.6 Å². The predicted molar refractivity (Wildman–Crippen MR) is 74.7 cm³/mol. The molecule has 17 heavy (non-hydrogen) atoms. The summed E-state index contributed by atoms with van der Waals surface area (Å²) in [7, 11) is 0. The van der Waals surface area contributed by atoms with Crippen molar-refractivity contribution < 1.29 is 4.79 Å². The molecule has 2 aliphatic rings. The number of carbonyl (C=O) groups excluding carboxylic acids is 1. The molecule has 1 N–H and O–H groups in total. The minimum atomic E-state index is -0.113. The van der Waals surface area contributed by atoms with Crippen molar-refractivity contribution in [3.05, 3.63) is 0 Å². The van der Waals surface area contributed by atoms with E-state index in [1.165, 1.54) is 12.8 Å². The molecule has 0 spiro atoms. The first kappa shape index (κ1) is 13.5. The van der Waals surface area contributed by atoms with Gasteiger partial charge in [0.15, 0.2) is 0 Å². The minimum Gasteiger partial charge on any atom is -0.349 e. The highest BCUT2D eigenvalue weighted by atomic mass is 35.5. The zero-order chi connectivity index (χ0) is 12.3. The lowest BCUT2D eigenvalue weighted by Crippen LogP contribution is -2.53. The van der Waals surface area contributed by atoms with E-state index in [2.05, 4.69) is 12.2 Å². The Labute approximate surface area is 113 Å². The Morgan fingerprint density at radius 1 is 1.41 bits per heavy atom. The van der Waals surface area contributed by atoms with E-state index in [-0.39, 0.29) is 17.4 Å². The Morgan fingerprint density at radius 3 is 2.65 bits per heavy atom. The van der Waals surface area contributed by atoms with Gasteiger partial charge in [0.2, 0.25) is 5.91 Å². The zero-order valence-electron chi connectivity index (χ0n) is 10.5. The van der Waals surface area contributed by atoms with Gasteiger partial charge in [-0.05, 0) is 43.8 Å². The summed E-state index contributed by atoms with van der Waals surface area (Å²) in [6.07, 6.45) is 5.50. The highest BCUT2D eigenvalue weighted by Gasteiger charge is 2.36. The highest BCUT2D eigenvalue weighted by Crippen LogP contribution is 2.34. The van der Waals surface area contributed by atoms with Crippen molar-refractivity contribution in [2.24, 2.45) is 11.8 Å². The van der Waals surface area contributed by atoms with Crippen molar-refractivity contribution in [1.82, 2.24) is 5.32 Å². The van der Waals surface area contributed by atoms with E-state index in [4.69, 9.17) is 11.6 Å². The van der Waals surface area contributed by atoms with Crippen LogP contribution in [0.5, 0.6) is 0 Å². The second kappa shape index (κ2) is 5.83.